The molecular formula is C8H11ClF3NO. The Morgan fingerprint density at radius 3 is 2.64 bits per heavy atom. The second-order valence-electron chi connectivity index (χ2n) is 3.35. The number of likely N-dealkylation sites (tertiary alicyclic amines) is 1. The van der Waals surface area contributed by atoms with E-state index >= 15 is 0 Å². The predicted octanol–water partition coefficient (Wildman–Crippen LogP) is 2.03. The van der Waals surface area contributed by atoms with Gasteiger partial charge in [0.15, 0.2) is 0 Å². The maximum absolute atomic E-state index is 12.3. The normalized spacial score (nSPS) is 23.7. The minimum Gasteiger partial charge on any atom is -0.341 e. The molecule has 0 N–H and O–H groups in total. The number of piperidine rings is 1. The van der Waals surface area contributed by atoms with Gasteiger partial charge in [-0.3, -0.25) is 4.79 Å². The average molecular weight is 230 g/mol. The lowest BCUT2D eigenvalue weighted by Gasteiger charge is -2.33. The van der Waals surface area contributed by atoms with Gasteiger partial charge >= 0.3 is 6.18 Å². The van der Waals surface area contributed by atoms with E-state index in [1.807, 2.05) is 0 Å². The van der Waals surface area contributed by atoms with Crippen molar-refractivity contribution in [2.24, 2.45) is 5.92 Å². The Morgan fingerprint density at radius 2 is 2.14 bits per heavy atom. The molecule has 0 aromatic rings. The zero-order valence-electron chi connectivity index (χ0n) is 7.48. The molecule has 1 amide bonds. The van der Waals surface area contributed by atoms with Crippen LogP contribution in [0, 0.1) is 5.92 Å². The lowest BCUT2D eigenvalue weighted by atomic mass is 9.97. The summed E-state index contributed by atoms with van der Waals surface area (Å²) in [6.45, 7) is 0.146. The van der Waals surface area contributed by atoms with Gasteiger partial charge < -0.3 is 4.90 Å². The highest BCUT2D eigenvalue weighted by Gasteiger charge is 2.42. The number of hydrogen-bond donors (Lipinski definition) is 0. The van der Waals surface area contributed by atoms with Gasteiger partial charge in [-0.25, -0.2) is 0 Å². The molecule has 1 heterocycles. The van der Waals surface area contributed by atoms with E-state index in [0.29, 0.717) is 13.0 Å². The number of rotatable bonds is 1. The van der Waals surface area contributed by atoms with Crippen LogP contribution in [0.25, 0.3) is 0 Å². The van der Waals surface area contributed by atoms with Crippen molar-refractivity contribution < 1.29 is 18.0 Å². The van der Waals surface area contributed by atoms with Gasteiger partial charge in [0.2, 0.25) is 5.91 Å². The van der Waals surface area contributed by atoms with Crippen molar-refractivity contribution in [1.82, 2.24) is 4.90 Å². The fourth-order valence-corrected chi connectivity index (χ4v) is 1.72. The Kier molecular flexibility index (Phi) is 3.64. The van der Waals surface area contributed by atoms with Crippen molar-refractivity contribution in [3.63, 3.8) is 0 Å². The van der Waals surface area contributed by atoms with E-state index in [4.69, 9.17) is 11.6 Å². The second-order valence-corrected chi connectivity index (χ2v) is 3.62. The molecule has 0 unspecified atom stereocenters. The van der Waals surface area contributed by atoms with Crippen molar-refractivity contribution in [2.75, 3.05) is 19.0 Å². The molecule has 0 aromatic heterocycles. The molecule has 0 radical (unpaired) electrons. The number of carbonyl (C=O) groups excluding carboxylic acids is 1. The van der Waals surface area contributed by atoms with Gasteiger partial charge in [-0.1, -0.05) is 0 Å². The van der Waals surface area contributed by atoms with E-state index in [1.54, 1.807) is 0 Å². The van der Waals surface area contributed by atoms with Gasteiger partial charge in [0.25, 0.3) is 0 Å². The highest BCUT2D eigenvalue weighted by atomic mass is 35.5. The van der Waals surface area contributed by atoms with E-state index in [1.165, 1.54) is 4.90 Å². The molecule has 0 bridgehead atoms. The van der Waals surface area contributed by atoms with E-state index in [9.17, 15) is 18.0 Å². The van der Waals surface area contributed by atoms with E-state index in [-0.39, 0.29) is 18.8 Å². The van der Waals surface area contributed by atoms with Gasteiger partial charge in [-0.15, -0.1) is 11.6 Å². The summed E-state index contributed by atoms with van der Waals surface area (Å²) in [7, 11) is 0. The molecule has 1 fully saturated rings. The Bertz CT molecular complexity index is 219. The molecule has 6 heteroatoms. The summed E-state index contributed by atoms with van der Waals surface area (Å²) in [4.78, 5) is 12.3. The average Bonchev–Trinajstić information content (AvgIpc) is 2.15. The Morgan fingerprint density at radius 1 is 1.50 bits per heavy atom. The first-order valence-corrected chi connectivity index (χ1v) is 4.89. The van der Waals surface area contributed by atoms with Gasteiger partial charge in [0, 0.05) is 13.1 Å². The van der Waals surface area contributed by atoms with Crippen LogP contribution in [0.1, 0.15) is 12.8 Å². The predicted molar refractivity (Wildman–Crippen MR) is 46.1 cm³/mol. The van der Waals surface area contributed by atoms with Crippen molar-refractivity contribution in [1.29, 1.82) is 0 Å². The third-order valence-electron chi connectivity index (χ3n) is 2.35. The van der Waals surface area contributed by atoms with Crippen LogP contribution in [0.3, 0.4) is 0 Å². The number of hydrogen-bond acceptors (Lipinski definition) is 1. The highest BCUT2D eigenvalue weighted by Crippen LogP contribution is 2.33. The molecule has 1 aliphatic heterocycles. The molecule has 1 saturated heterocycles. The number of halogens is 4. The van der Waals surface area contributed by atoms with Crippen LogP contribution in [0.15, 0.2) is 0 Å². The fraction of sp³-hybridized carbons (Fsp3) is 0.875. The Hall–Kier alpha value is -0.450. The smallest absolute Gasteiger partial charge is 0.341 e. The molecule has 1 aliphatic rings. The fourth-order valence-electron chi connectivity index (χ4n) is 1.56. The van der Waals surface area contributed by atoms with Crippen LogP contribution in [0.4, 0.5) is 13.2 Å². The quantitative estimate of drug-likeness (QED) is 0.630. The molecule has 82 valence electrons. The van der Waals surface area contributed by atoms with Gasteiger partial charge in [-0.2, -0.15) is 13.2 Å². The molecular weight excluding hydrogens is 219 g/mol. The molecule has 1 rings (SSSR count). The minimum atomic E-state index is -4.20. The summed E-state index contributed by atoms with van der Waals surface area (Å²) in [6, 6.07) is 0. The third kappa shape index (κ3) is 2.77. The number of amides is 1. The number of carbonyl (C=O) groups is 1. The first-order valence-electron chi connectivity index (χ1n) is 4.35. The molecule has 0 spiro atoms. The zero-order valence-corrected chi connectivity index (χ0v) is 8.24. The summed E-state index contributed by atoms with van der Waals surface area (Å²) < 4.78 is 36.9. The van der Waals surface area contributed by atoms with Crippen molar-refractivity contribution in [2.45, 2.75) is 19.0 Å². The highest BCUT2D eigenvalue weighted by molar-refractivity contribution is 6.27. The summed E-state index contributed by atoms with van der Waals surface area (Å²) in [6.07, 6.45) is -3.70. The van der Waals surface area contributed by atoms with Crippen molar-refractivity contribution in [3.8, 4) is 0 Å². The van der Waals surface area contributed by atoms with Crippen LogP contribution in [0.2, 0.25) is 0 Å². The van der Waals surface area contributed by atoms with Crippen LogP contribution < -0.4 is 0 Å². The molecule has 2 nitrogen and oxygen atoms in total. The van der Waals surface area contributed by atoms with Crippen LogP contribution in [-0.2, 0) is 4.79 Å². The topological polar surface area (TPSA) is 20.3 Å². The maximum atomic E-state index is 12.3. The van der Waals surface area contributed by atoms with Gasteiger partial charge in [0.1, 0.15) is 5.88 Å². The number of alkyl halides is 4. The minimum absolute atomic E-state index is 0.107. The zero-order chi connectivity index (χ0) is 10.8. The monoisotopic (exact) mass is 229 g/mol. The summed E-state index contributed by atoms with van der Waals surface area (Å²) in [5.74, 6) is -2.05. The van der Waals surface area contributed by atoms with Gasteiger partial charge in [-0.05, 0) is 12.8 Å². The first kappa shape index (κ1) is 11.6. The number of nitrogens with zero attached hydrogens (tertiary/aromatic N) is 1. The van der Waals surface area contributed by atoms with Crippen molar-refractivity contribution in [3.05, 3.63) is 0 Å². The largest absolute Gasteiger partial charge is 0.393 e. The van der Waals surface area contributed by atoms with E-state index < -0.39 is 18.0 Å². The van der Waals surface area contributed by atoms with Crippen LogP contribution >= 0.6 is 11.6 Å². The van der Waals surface area contributed by atoms with Gasteiger partial charge in [0.05, 0.1) is 5.92 Å². The standard InChI is InChI=1S/C8H11ClF3NO/c9-4-7(14)13-3-1-2-6(5-13)8(10,11)12/h6H,1-5H2/t6-/m1/s1. The molecule has 0 aromatic carbocycles. The first-order chi connectivity index (χ1) is 6.45. The SMILES string of the molecule is O=C(CCl)N1CCC[C@@H](C(F)(F)F)C1. The third-order valence-corrected chi connectivity index (χ3v) is 2.58. The Balaban J connectivity index is 2.56. The molecule has 14 heavy (non-hydrogen) atoms. The summed E-state index contributed by atoms with van der Waals surface area (Å²) in [5.41, 5.74) is 0. The van der Waals surface area contributed by atoms with Crippen molar-refractivity contribution >= 4 is 17.5 Å². The molecule has 0 aliphatic carbocycles. The summed E-state index contributed by atoms with van der Waals surface area (Å²) >= 11 is 5.27. The summed E-state index contributed by atoms with van der Waals surface area (Å²) in [5, 5.41) is 0. The molecule has 1 atom stereocenters. The lowest BCUT2D eigenvalue weighted by Crippen LogP contribution is -2.45. The second kappa shape index (κ2) is 4.38. The van der Waals surface area contributed by atoms with Crippen LogP contribution in [-0.4, -0.2) is 36.0 Å². The van der Waals surface area contributed by atoms with E-state index in [0.717, 1.165) is 0 Å². The van der Waals surface area contributed by atoms with E-state index in [2.05, 4.69) is 0 Å². The molecule has 0 saturated carbocycles. The van der Waals surface area contributed by atoms with Crippen LogP contribution in [0.5, 0.6) is 0 Å². The Labute approximate surface area is 85.0 Å². The maximum Gasteiger partial charge on any atom is 0.393 e. The lowest BCUT2D eigenvalue weighted by molar-refractivity contribution is -0.187.